The number of aliphatic hydroxyl groups excluding tert-OH is 1. The van der Waals surface area contributed by atoms with Crippen LogP contribution in [0, 0.1) is 0 Å². The largest absolute Gasteiger partial charge is 0.394 e. The van der Waals surface area contributed by atoms with Crippen molar-refractivity contribution < 1.29 is 9.90 Å². The van der Waals surface area contributed by atoms with Gasteiger partial charge in [-0.1, -0.05) is 38.5 Å². The SMILES string of the molecule is O=C(NC1CCCCCC1)NC1(CO)CCCC1. The molecule has 104 valence electrons. The number of carbonyl (C=O) groups excluding carboxylic acids is 1. The lowest BCUT2D eigenvalue weighted by atomic mass is 9.99. The average molecular weight is 254 g/mol. The molecule has 0 atom stereocenters. The highest BCUT2D eigenvalue weighted by Gasteiger charge is 2.34. The first-order chi connectivity index (χ1) is 8.74. The molecular weight excluding hydrogens is 228 g/mol. The van der Waals surface area contributed by atoms with Gasteiger partial charge in [0, 0.05) is 6.04 Å². The lowest BCUT2D eigenvalue weighted by molar-refractivity contribution is 0.161. The molecule has 0 spiro atoms. The predicted molar refractivity (Wildman–Crippen MR) is 71.4 cm³/mol. The van der Waals surface area contributed by atoms with E-state index in [4.69, 9.17) is 0 Å². The quantitative estimate of drug-likeness (QED) is 0.677. The van der Waals surface area contributed by atoms with Crippen LogP contribution in [-0.2, 0) is 0 Å². The maximum absolute atomic E-state index is 12.0. The molecule has 0 radical (unpaired) electrons. The predicted octanol–water partition coefficient (Wildman–Crippen LogP) is 2.31. The minimum atomic E-state index is -0.352. The summed E-state index contributed by atoms with van der Waals surface area (Å²) in [6, 6.07) is 0.238. The first-order valence-corrected chi connectivity index (χ1v) is 7.44. The fraction of sp³-hybridized carbons (Fsp3) is 0.929. The Kier molecular flexibility index (Phi) is 4.87. The van der Waals surface area contributed by atoms with Crippen molar-refractivity contribution in [2.75, 3.05) is 6.61 Å². The Hall–Kier alpha value is -0.770. The van der Waals surface area contributed by atoms with Crippen molar-refractivity contribution in [2.45, 2.75) is 75.8 Å². The zero-order valence-electron chi connectivity index (χ0n) is 11.2. The molecule has 2 aliphatic rings. The van der Waals surface area contributed by atoms with Gasteiger partial charge in [-0.05, 0) is 25.7 Å². The number of rotatable bonds is 3. The van der Waals surface area contributed by atoms with Crippen LogP contribution in [0.4, 0.5) is 4.79 Å². The number of urea groups is 1. The highest BCUT2D eigenvalue weighted by molar-refractivity contribution is 5.75. The third-order valence-electron chi connectivity index (χ3n) is 4.43. The molecule has 2 saturated carbocycles. The van der Waals surface area contributed by atoms with Gasteiger partial charge < -0.3 is 15.7 Å². The van der Waals surface area contributed by atoms with Gasteiger partial charge in [0.25, 0.3) is 0 Å². The molecule has 4 nitrogen and oxygen atoms in total. The van der Waals surface area contributed by atoms with E-state index >= 15 is 0 Å². The maximum atomic E-state index is 12.0. The van der Waals surface area contributed by atoms with Gasteiger partial charge in [0.2, 0.25) is 0 Å². The third kappa shape index (κ3) is 3.61. The summed E-state index contributed by atoms with van der Waals surface area (Å²) >= 11 is 0. The van der Waals surface area contributed by atoms with Crippen LogP contribution >= 0.6 is 0 Å². The summed E-state index contributed by atoms with van der Waals surface area (Å²) in [7, 11) is 0. The van der Waals surface area contributed by atoms with Crippen LogP contribution in [0.2, 0.25) is 0 Å². The molecule has 2 aliphatic carbocycles. The highest BCUT2D eigenvalue weighted by atomic mass is 16.3. The van der Waals surface area contributed by atoms with Crippen LogP contribution in [0.15, 0.2) is 0 Å². The number of hydrogen-bond acceptors (Lipinski definition) is 2. The number of amides is 2. The Morgan fingerprint density at radius 2 is 1.67 bits per heavy atom. The molecule has 0 saturated heterocycles. The van der Waals surface area contributed by atoms with E-state index in [1.165, 1.54) is 25.7 Å². The minimum Gasteiger partial charge on any atom is -0.394 e. The molecule has 3 N–H and O–H groups in total. The van der Waals surface area contributed by atoms with Gasteiger partial charge in [0.15, 0.2) is 0 Å². The van der Waals surface area contributed by atoms with Crippen molar-refractivity contribution in [3.05, 3.63) is 0 Å². The summed E-state index contributed by atoms with van der Waals surface area (Å²) in [5, 5.41) is 15.6. The van der Waals surface area contributed by atoms with E-state index in [0.29, 0.717) is 6.04 Å². The van der Waals surface area contributed by atoms with Gasteiger partial charge in [-0.2, -0.15) is 0 Å². The summed E-state index contributed by atoms with van der Waals surface area (Å²) in [5.74, 6) is 0. The number of nitrogens with one attached hydrogen (secondary N) is 2. The Bertz CT molecular complexity index is 267. The second-order valence-corrected chi connectivity index (χ2v) is 5.93. The molecule has 0 heterocycles. The molecule has 0 aromatic carbocycles. The summed E-state index contributed by atoms with van der Waals surface area (Å²) in [4.78, 5) is 12.0. The third-order valence-corrected chi connectivity index (χ3v) is 4.43. The van der Waals surface area contributed by atoms with E-state index in [0.717, 1.165) is 38.5 Å². The van der Waals surface area contributed by atoms with Gasteiger partial charge in [0.05, 0.1) is 12.1 Å². The topological polar surface area (TPSA) is 61.4 Å². The lowest BCUT2D eigenvalue weighted by Crippen LogP contribution is -2.54. The fourth-order valence-electron chi connectivity index (χ4n) is 3.26. The molecule has 18 heavy (non-hydrogen) atoms. The summed E-state index contributed by atoms with van der Waals surface area (Å²) < 4.78 is 0. The van der Waals surface area contributed by atoms with Gasteiger partial charge in [-0.3, -0.25) is 0 Å². The minimum absolute atomic E-state index is 0.0606. The van der Waals surface area contributed by atoms with E-state index in [1.807, 2.05) is 0 Å². The van der Waals surface area contributed by atoms with Gasteiger partial charge >= 0.3 is 6.03 Å². The smallest absolute Gasteiger partial charge is 0.315 e. The molecule has 0 aromatic rings. The molecule has 0 unspecified atom stereocenters. The summed E-state index contributed by atoms with van der Waals surface area (Å²) in [5.41, 5.74) is -0.352. The molecule has 2 rings (SSSR count). The van der Waals surface area contributed by atoms with E-state index in [2.05, 4.69) is 10.6 Å². The van der Waals surface area contributed by atoms with Crippen LogP contribution in [0.3, 0.4) is 0 Å². The number of carbonyl (C=O) groups is 1. The second kappa shape index (κ2) is 6.41. The lowest BCUT2D eigenvalue weighted by Gasteiger charge is -2.29. The van der Waals surface area contributed by atoms with Crippen molar-refractivity contribution in [1.82, 2.24) is 10.6 Å². The summed E-state index contributed by atoms with van der Waals surface area (Å²) in [6.07, 6.45) is 11.2. The molecule has 4 heteroatoms. The van der Waals surface area contributed by atoms with Crippen molar-refractivity contribution in [1.29, 1.82) is 0 Å². The average Bonchev–Trinajstić information content (AvgIpc) is 2.67. The number of hydrogen-bond donors (Lipinski definition) is 3. The normalized spacial score (nSPS) is 24.5. The first kappa shape index (κ1) is 13.7. The van der Waals surface area contributed by atoms with Crippen molar-refractivity contribution in [3.63, 3.8) is 0 Å². The monoisotopic (exact) mass is 254 g/mol. The van der Waals surface area contributed by atoms with Gasteiger partial charge in [0.1, 0.15) is 0 Å². The van der Waals surface area contributed by atoms with E-state index in [-0.39, 0.29) is 18.2 Å². The fourth-order valence-corrected chi connectivity index (χ4v) is 3.26. The van der Waals surface area contributed by atoms with Crippen LogP contribution in [-0.4, -0.2) is 29.3 Å². The molecule has 0 aromatic heterocycles. The highest BCUT2D eigenvalue weighted by Crippen LogP contribution is 2.29. The van der Waals surface area contributed by atoms with Crippen LogP contribution < -0.4 is 10.6 Å². The Morgan fingerprint density at radius 3 is 2.22 bits per heavy atom. The standard InChI is InChI=1S/C14H26N2O2/c17-11-14(9-5-6-10-14)16-13(18)15-12-7-3-1-2-4-8-12/h12,17H,1-11H2,(H2,15,16,18). The molecular formula is C14H26N2O2. The zero-order valence-corrected chi connectivity index (χ0v) is 11.2. The Balaban J connectivity index is 1.80. The molecule has 0 aliphatic heterocycles. The zero-order chi connectivity index (χ0) is 12.8. The molecule has 2 amide bonds. The van der Waals surface area contributed by atoms with Crippen molar-refractivity contribution in [2.24, 2.45) is 0 Å². The van der Waals surface area contributed by atoms with Crippen molar-refractivity contribution in [3.8, 4) is 0 Å². The Labute approximate surface area is 110 Å². The van der Waals surface area contributed by atoms with Crippen LogP contribution in [0.1, 0.15) is 64.2 Å². The molecule has 0 bridgehead atoms. The maximum Gasteiger partial charge on any atom is 0.315 e. The van der Waals surface area contributed by atoms with E-state index < -0.39 is 0 Å². The van der Waals surface area contributed by atoms with Gasteiger partial charge in [-0.15, -0.1) is 0 Å². The van der Waals surface area contributed by atoms with Crippen LogP contribution in [0.5, 0.6) is 0 Å². The Morgan fingerprint density at radius 1 is 1.06 bits per heavy atom. The molecule has 2 fully saturated rings. The van der Waals surface area contributed by atoms with E-state index in [1.54, 1.807) is 0 Å². The number of aliphatic hydroxyl groups is 1. The van der Waals surface area contributed by atoms with Crippen LogP contribution in [0.25, 0.3) is 0 Å². The van der Waals surface area contributed by atoms with Crippen molar-refractivity contribution >= 4 is 6.03 Å². The van der Waals surface area contributed by atoms with Gasteiger partial charge in [-0.25, -0.2) is 4.79 Å². The van der Waals surface area contributed by atoms with E-state index in [9.17, 15) is 9.90 Å². The summed E-state index contributed by atoms with van der Waals surface area (Å²) in [6.45, 7) is 0.0606. The second-order valence-electron chi connectivity index (χ2n) is 5.93. The first-order valence-electron chi connectivity index (χ1n) is 7.44.